The quantitative estimate of drug-likeness (QED) is 0.0149. The van der Waals surface area contributed by atoms with Gasteiger partial charge in [0.1, 0.15) is 19.8 Å². The van der Waals surface area contributed by atoms with Crippen LogP contribution in [-0.4, -0.2) is 82.2 Å². The number of epoxide rings is 1. The highest BCUT2D eigenvalue weighted by Crippen LogP contribution is 2.38. The number of phosphoric acid groups is 1. The van der Waals surface area contributed by atoms with Crippen molar-refractivity contribution < 1.29 is 46.8 Å². The molecule has 0 aromatic carbocycles. The number of allylic oxidation sites excluding steroid dienone is 13. The van der Waals surface area contributed by atoms with E-state index in [0.717, 1.165) is 51.4 Å². The van der Waals surface area contributed by atoms with E-state index in [9.17, 15) is 19.0 Å². The van der Waals surface area contributed by atoms with Crippen molar-refractivity contribution in [2.24, 2.45) is 0 Å². The lowest BCUT2D eigenvalue weighted by molar-refractivity contribution is -0.870. The molecule has 0 aromatic rings. The molecule has 0 N–H and O–H groups in total. The topological polar surface area (TPSA) is 124 Å². The SMILES string of the molecule is CCCCC/C=C\C/C=C\C/C=C\C/C=C\CCCC(=O)OC[C@H](COP(=O)([O-])OCC[N+](C)(C)C)OC(=O)CCCC1OC1C/C=C\C/C=C\C/C=C\CCCCC. The molecule has 0 radical (unpaired) electrons. The van der Waals surface area contributed by atoms with Crippen LogP contribution in [0.5, 0.6) is 0 Å². The number of carbonyl (C=O) groups excluding carboxylic acids is 2. The van der Waals surface area contributed by atoms with Crippen LogP contribution in [0.2, 0.25) is 0 Å². The zero-order valence-electron chi connectivity index (χ0n) is 37.4. The van der Waals surface area contributed by atoms with Crippen molar-refractivity contribution in [3.05, 3.63) is 85.1 Å². The van der Waals surface area contributed by atoms with E-state index >= 15 is 0 Å². The van der Waals surface area contributed by atoms with Gasteiger partial charge >= 0.3 is 11.9 Å². The molecule has 0 bridgehead atoms. The number of esters is 2. The number of carbonyl (C=O) groups is 2. The van der Waals surface area contributed by atoms with Crippen molar-refractivity contribution in [1.82, 2.24) is 0 Å². The molecule has 1 aliphatic heterocycles. The number of rotatable bonds is 38. The molecule has 0 amide bonds. The Labute approximate surface area is 358 Å². The summed E-state index contributed by atoms with van der Waals surface area (Å²) in [7, 11) is 1.07. The average molecular weight is 846 g/mol. The number of hydrogen-bond acceptors (Lipinski definition) is 9. The fourth-order valence-electron chi connectivity index (χ4n) is 5.67. The molecule has 0 aromatic heterocycles. The van der Waals surface area contributed by atoms with Crippen LogP contribution in [0, 0.1) is 0 Å². The van der Waals surface area contributed by atoms with Gasteiger partial charge < -0.3 is 32.6 Å². The van der Waals surface area contributed by atoms with Gasteiger partial charge in [-0.3, -0.25) is 14.2 Å². The summed E-state index contributed by atoms with van der Waals surface area (Å²) in [5.74, 6) is -0.986. The van der Waals surface area contributed by atoms with Crippen LogP contribution in [0.15, 0.2) is 85.1 Å². The second kappa shape index (κ2) is 35.9. The van der Waals surface area contributed by atoms with Gasteiger partial charge in [-0.1, -0.05) is 125 Å². The van der Waals surface area contributed by atoms with Crippen LogP contribution in [0.3, 0.4) is 0 Å². The first-order chi connectivity index (χ1) is 28.5. The maximum absolute atomic E-state index is 12.8. The molecule has 10 nitrogen and oxygen atoms in total. The van der Waals surface area contributed by atoms with Crippen molar-refractivity contribution in [1.29, 1.82) is 0 Å². The highest BCUT2D eigenvalue weighted by molar-refractivity contribution is 7.45. The Morgan fingerprint density at radius 1 is 0.627 bits per heavy atom. The molecule has 1 fully saturated rings. The molecular formula is C48H80NO9P. The number of quaternary nitrogens is 1. The molecule has 1 rings (SSSR count). The van der Waals surface area contributed by atoms with E-state index in [0.29, 0.717) is 30.3 Å². The van der Waals surface area contributed by atoms with Gasteiger partial charge in [-0.25, -0.2) is 0 Å². The van der Waals surface area contributed by atoms with E-state index in [1.165, 1.54) is 44.9 Å². The minimum absolute atomic E-state index is 0.0582. The molecule has 59 heavy (non-hydrogen) atoms. The largest absolute Gasteiger partial charge is 0.756 e. The van der Waals surface area contributed by atoms with Gasteiger partial charge in [-0.2, -0.15) is 0 Å². The van der Waals surface area contributed by atoms with Crippen LogP contribution in [0.25, 0.3) is 0 Å². The van der Waals surface area contributed by atoms with Crippen LogP contribution in [0.1, 0.15) is 142 Å². The summed E-state index contributed by atoms with van der Waals surface area (Å²) in [5.41, 5.74) is 0. The fraction of sp³-hybridized carbons (Fsp3) is 0.667. The minimum Gasteiger partial charge on any atom is -0.756 e. The van der Waals surface area contributed by atoms with E-state index < -0.39 is 32.5 Å². The minimum atomic E-state index is -4.67. The summed E-state index contributed by atoms with van der Waals surface area (Å²) >= 11 is 0. The smallest absolute Gasteiger partial charge is 0.306 e. The first-order valence-electron chi connectivity index (χ1n) is 22.4. The van der Waals surface area contributed by atoms with Crippen LogP contribution in [0.4, 0.5) is 0 Å². The van der Waals surface area contributed by atoms with Crippen molar-refractivity contribution >= 4 is 19.8 Å². The number of hydrogen-bond donors (Lipinski definition) is 0. The van der Waals surface area contributed by atoms with Crippen molar-refractivity contribution in [2.75, 3.05) is 47.5 Å². The molecule has 0 aliphatic carbocycles. The van der Waals surface area contributed by atoms with E-state index in [-0.39, 0.29) is 38.3 Å². The first-order valence-corrected chi connectivity index (χ1v) is 23.9. The Kier molecular flexibility index (Phi) is 32.9. The Hall–Kier alpha value is -2.85. The van der Waals surface area contributed by atoms with Gasteiger partial charge in [0.15, 0.2) is 6.10 Å². The number of unbranched alkanes of at least 4 members (excludes halogenated alkanes) is 7. The number of likely N-dealkylation sites (N-methyl/N-ethyl adjacent to an activating group) is 1. The van der Waals surface area contributed by atoms with Gasteiger partial charge in [0, 0.05) is 12.8 Å². The van der Waals surface area contributed by atoms with Gasteiger partial charge in [0.05, 0.1) is 40.0 Å². The predicted molar refractivity (Wildman–Crippen MR) is 240 cm³/mol. The van der Waals surface area contributed by atoms with Crippen LogP contribution < -0.4 is 4.89 Å². The summed E-state index contributed by atoms with van der Waals surface area (Å²) in [6.45, 7) is 3.99. The lowest BCUT2D eigenvalue weighted by Crippen LogP contribution is -2.37. The van der Waals surface area contributed by atoms with Gasteiger partial charge in [-0.15, -0.1) is 0 Å². The molecule has 4 atom stereocenters. The van der Waals surface area contributed by atoms with Gasteiger partial charge in [0.2, 0.25) is 0 Å². The monoisotopic (exact) mass is 846 g/mol. The predicted octanol–water partition coefficient (Wildman–Crippen LogP) is 11.2. The second-order valence-corrected chi connectivity index (χ2v) is 17.5. The zero-order chi connectivity index (χ0) is 43.3. The zero-order valence-corrected chi connectivity index (χ0v) is 38.2. The Balaban J connectivity index is 2.39. The lowest BCUT2D eigenvalue weighted by Gasteiger charge is -2.28. The summed E-state index contributed by atoms with van der Waals surface area (Å²) < 4.78 is 39.6. The van der Waals surface area contributed by atoms with E-state index in [1.807, 2.05) is 27.2 Å². The molecule has 336 valence electrons. The Bertz CT molecular complexity index is 1340. The number of phosphoric ester groups is 1. The fourth-order valence-corrected chi connectivity index (χ4v) is 6.40. The Morgan fingerprint density at radius 2 is 1.12 bits per heavy atom. The average Bonchev–Trinajstić information content (AvgIpc) is 3.94. The van der Waals surface area contributed by atoms with Crippen molar-refractivity contribution in [3.8, 4) is 0 Å². The van der Waals surface area contributed by atoms with Gasteiger partial charge in [0.25, 0.3) is 7.82 Å². The highest BCUT2D eigenvalue weighted by atomic mass is 31.2. The lowest BCUT2D eigenvalue weighted by atomic mass is 10.1. The highest BCUT2D eigenvalue weighted by Gasteiger charge is 2.36. The normalized spacial score (nSPS) is 17.8. The summed E-state index contributed by atoms with van der Waals surface area (Å²) in [6.07, 6.45) is 47.8. The maximum atomic E-state index is 12.8. The number of nitrogens with zero attached hydrogens (tertiary/aromatic N) is 1. The van der Waals surface area contributed by atoms with E-state index in [4.69, 9.17) is 23.3 Å². The molecule has 1 aliphatic rings. The number of ether oxygens (including phenoxy) is 3. The van der Waals surface area contributed by atoms with Crippen LogP contribution >= 0.6 is 7.82 Å². The maximum Gasteiger partial charge on any atom is 0.306 e. The molecule has 3 unspecified atom stereocenters. The standard InChI is InChI=1S/C48H80NO9P/c1-6-8-10-12-14-16-18-20-21-22-23-24-26-28-30-32-34-38-47(50)54-42-44(43-56-59(52,53)55-41-40-49(3,4)5)57-48(51)39-35-37-46-45(58-46)36-33-31-29-27-25-19-17-15-13-11-9-7-2/h14-17,20-21,23-25,27-28,30-31,33,44-46H,6-13,18-19,22,26,29,32,34-43H2,1-5H3/b16-14-,17-15-,21-20-,24-23-,27-25-,30-28-,33-31-/t44-,45?,46?/m1/s1. The van der Waals surface area contributed by atoms with Crippen LogP contribution in [-0.2, 0) is 37.4 Å². The molecule has 11 heteroatoms. The molecule has 0 saturated carbocycles. The second-order valence-electron chi connectivity index (χ2n) is 16.1. The molecular weight excluding hydrogens is 765 g/mol. The summed E-state index contributed by atoms with van der Waals surface area (Å²) in [4.78, 5) is 37.7. The first kappa shape index (κ1) is 54.2. The van der Waals surface area contributed by atoms with Crippen molar-refractivity contribution in [3.63, 3.8) is 0 Å². The Morgan fingerprint density at radius 3 is 1.64 bits per heavy atom. The third-order valence-corrected chi connectivity index (χ3v) is 10.3. The molecule has 1 saturated heterocycles. The van der Waals surface area contributed by atoms with Crippen molar-refractivity contribution in [2.45, 2.75) is 161 Å². The molecule has 1 heterocycles. The third-order valence-electron chi connectivity index (χ3n) is 9.31. The molecule has 0 spiro atoms. The van der Waals surface area contributed by atoms with Gasteiger partial charge in [-0.05, 0) is 89.9 Å². The van der Waals surface area contributed by atoms with E-state index in [2.05, 4.69) is 92.8 Å². The third kappa shape index (κ3) is 36.7. The van der Waals surface area contributed by atoms with E-state index in [1.54, 1.807) is 0 Å². The summed E-state index contributed by atoms with van der Waals surface area (Å²) in [6, 6.07) is 0. The summed E-state index contributed by atoms with van der Waals surface area (Å²) in [5, 5.41) is 0.